The number of aryl methyl sites for hydroxylation is 2. The quantitative estimate of drug-likeness (QED) is 0.833. The zero-order valence-corrected chi connectivity index (χ0v) is 15.3. The maximum Gasteiger partial charge on any atom is 0.274 e. The van der Waals surface area contributed by atoms with Crippen molar-refractivity contribution in [1.29, 1.82) is 0 Å². The van der Waals surface area contributed by atoms with E-state index in [4.69, 9.17) is 9.26 Å². The molecule has 0 saturated carbocycles. The standard InChI is InChI=1S/C18H25N5O3/c1-12-10-15(20-22(12)2)18(24)23-7-3-4-14(11-23)17-19-16(21-26-17)13-5-8-25-9-6-13/h10,13-14H,3-9,11H2,1-2H3. The third kappa shape index (κ3) is 3.38. The number of carbonyl (C=O) groups is 1. The lowest BCUT2D eigenvalue weighted by Gasteiger charge is -2.30. The van der Waals surface area contributed by atoms with Crippen molar-refractivity contribution in [2.24, 2.45) is 7.05 Å². The van der Waals surface area contributed by atoms with Gasteiger partial charge in [-0.05, 0) is 38.7 Å². The average molecular weight is 359 g/mol. The van der Waals surface area contributed by atoms with Gasteiger partial charge in [0.25, 0.3) is 5.91 Å². The number of amides is 1. The van der Waals surface area contributed by atoms with Crippen molar-refractivity contribution >= 4 is 5.91 Å². The lowest BCUT2D eigenvalue weighted by molar-refractivity contribution is 0.0689. The predicted octanol–water partition coefficient (Wildman–Crippen LogP) is 2.03. The van der Waals surface area contributed by atoms with Crippen LogP contribution < -0.4 is 0 Å². The second-order valence-electron chi connectivity index (χ2n) is 7.26. The molecule has 2 aromatic heterocycles. The van der Waals surface area contributed by atoms with E-state index in [0.29, 0.717) is 24.0 Å². The van der Waals surface area contributed by atoms with Crippen molar-refractivity contribution in [3.05, 3.63) is 29.2 Å². The van der Waals surface area contributed by atoms with Crippen LogP contribution in [0.3, 0.4) is 0 Å². The molecule has 2 saturated heterocycles. The smallest absolute Gasteiger partial charge is 0.274 e. The normalized spacial score (nSPS) is 21.9. The van der Waals surface area contributed by atoms with Gasteiger partial charge in [0.05, 0.1) is 5.92 Å². The monoisotopic (exact) mass is 359 g/mol. The molecule has 4 rings (SSSR count). The molecular weight excluding hydrogens is 334 g/mol. The Balaban J connectivity index is 1.45. The number of nitrogens with zero attached hydrogens (tertiary/aromatic N) is 5. The lowest BCUT2D eigenvalue weighted by atomic mass is 9.97. The molecule has 0 spiro atoms. The summed E-state index contributed by atoms with van der Waals surface area (Å²) in [6.07, 6.45) is 3.76. The minimum absolute atomic E-state index is 0.0254. The van der Waals surface area contributed by atoms with E-state index in [9.17, 15) is 4.79 Å². The van der Waals surface area contributed by atoms with Crippen LogP contribution in [-0.4, -0.2) is 57.0 Å². The summed E-state index contributed by atoms with van der Waals surface area (Å²) >= 11 is 0. The largest absolute Gasteiger partial charge is 0.381 e. The summed E-state index contributed by atoms with van der Waals surface area (Å²) in [4.78, 5) is 19.3. The molecule has 4 heterocycles. The topological polar surface area (TPSA) is 86.3 Å². The number of rotatable bonds is 3. The van der Waals surface area contributed by atoms with E-state index in [0.717, 1.165) is 57.0 Å². The summed E-state index contributed by atoms with van der Waals surface area (Å²) in [6.45, 7) is 4.79. The fourth-order valence-electron chi connectivity index (χ4n) is 3.72. The van der Waals surface area contributed by atoms with Crippen molar-refractivity contribution in [3.63, 3.8) is 0 Å². The summed E-state index contributed by atoms with van der Waals surface area (Å²) in [5.74, 6) is 1.83. The fourth-order valence-corrected chi connectivity index (χ4v) is 3.72. The first-order valence-corrected chi connectivity index (χ1v) is 9.33. The average Bonchev–Trinajstić information content (AvgIpc) is 3.29. The van der Waals surface area contributed by atoms with Crippen LogP contribution in [0.5, 0.6) is 0 Å². The SMILES string of the molecule is Cc1cc(C(=O)N2CCCC(c3nc(C4CCOCC4)no3)C2)nn1C. The van der Waals surface area contributed by atoms with Crippen LogP contribution in [0.15, 0.2) is 10.6 Å². The number of carbonyl (C=O) groups excluding carboxylic acids is 1. The van der Waals surface area contributed by atoms with Gasteiger partial charge >= 0.3 is 0 Å². The Labute approximate surface area is 152 Å². The first-order valence-electron chi connectivity index (χ1n) is 9.33. The van der Waals surface area contributed by atoms with E-state index >= 15 is 0 Å². The van der Waals surface area contributed by atoms with E-state index in [1.807, 2.05) is 24.9 Å². The van der Waals surface area contributed by atoms with Gasteiger partial charge in [-0.3, -0.25) is 9.48 Å². The molecule has 1 atom stereocenters. The van der Waals surface area contributed by atoms with Gasteiger partial charge in [0, 0.05) is 45.0 Å². The number of piperidine rings is 1. The zero-order valence-electron chi connectivity index (χ0n) is 15.3. The van der Waals surface area contributed by atoms with Crippen LogP contribution in [0.25, 0.3) is 0 Å². The van der Waals surface area contributed by atoms with E-state index in [2.05, 4.69) is 15.2 Å². The Bertz CT molecular complexity index is 758. The Morgan fingerprint density at radius 2 is 2.04 bits per heavy atom. The zero-order chi connectivity index (χ0) is 18.1. The van der Waals surface area contributed by atoms with Crippen molar-refractivity contribution < 1.29 is 14.1 Å². The summed E-state index contributed by atoms with van der Waals surface area (Å²) in [5, 5.41) is 8.51. The number of likely N-dealkylation sites (tertiary alicyclic amines) is 1. The summed E-state index contributed by atoms with van der Waals surface area (Å²) in [5.41, 5.74) is 1.47. The van der Waals surface area contributed by atoms with Crippen LogP contribution in [0.4, 0.5) is 0 Å². The molecule has 0 aliphatic carbocycles. The molecule has 2 aromatic rings. The summed E-state index contributed by atoms with van der Waals surface area (Å²) < 4.78 is 12.7. The number of aromatic nitrogens is 4. The molecule has 26 heavy (non-hydrogen) atoms. The molecule has 2 aliphatic heterocycles. The molecule has 0 N–H and O–H groups in total. The summed E-state index contributed by atoms with van der Waals surface area (Å²) in [7, 11) is 1.85. The molecular formula is C18H25N5O3. The fraction of sp³-hybridized carbons (Fsp3) is 0.667. The molecule has 2 fully saturated rings. The molecule has 0 radical (unpaired) electrons. The van der Waals surface area contributed by atoms with Gasteiger partial charge in [-0.2, -0.15) is 10.1 Å². The molecule has 0 aromatic carbocycles. The van der Waals surface area contributed by atoms with Crippen molar-refractivity contribution in [1.82, 2.24) is 24.8 Å². The highest BCUT2D eigenvalue weighted by atomic mass is 16.5. The second kappa shape index (κ2) is 7.19. The maximum absolute atomic E-state index is 12.8. The van der Waals surface area contributed by atoms with Gasteiger partial charge in [-0.15, -0.1) is 0 Å². The molecule has 1 amide bonds. The Kier molecular flexibility index (Phi) is 4.76. The van der Waals surface area contributed by atoms with Gasteiger partial charge in [-0.25, -0.2) is 0 Å². The van der Waals surface area contributed by atoms with E-state index in [-0.39, 0.29) is 11.8 Å². The third-order valence-corrected chi connectivity index (χ3v) is 5.43. The van der Waals surface area contributed by atoms with Crippen LogP contribution in [0, 0.1) is 6.92 Å². The summed E-state index contributed by atoms with van der Waals surface area (Å²) in [6, 6.07) is 1.84. The van der Waals surface area contributed by atoms with E-state index < -0.39 is 0 Å². The molecule has 8 heteroatoms. The van der Waals surface area contributed by atoms with Crippen molar-refractivity contribution in [2.75, 3.05) is 26.3 Å². The van der Waals surface area contributed by atoms with Gasteiger partial charge < -0.3 is 14.2 Å². The molecule has 1 unspecified atom stereocenters. The van der Waals surface area contributed by atoms with Gasteiger partial charge in [0.15, 0.2) is 11.5 Å². The first kappa shape index (κ1) is 17.2. The second-order valence-corrected chi connectivity index (χ2v) is 7.26. The van der Waals surface area contributed by atoms with E-state index in [1.165, 1.54) is 0 Å². The highest BCUT2D eigenvalue weighted by Crippen LogP contribution is 2.30. The van der Waals surface area contributed by atoms with Crippen LogP contribution in [-0.2, 0) is 11.8 Å². The third-order valence-electron chi connectivity index (χ3n) is 5.43. The predicted molar refractivity (Wildman–Crippen MR) is 92.9 cm³/mol. The highest BCUT2D eigenvalue weighted by Gasteiger charge is 2.31. The van der Waals surface area contributed by atoms with Crippen molar-refractivity contribution in [2.45, 2.75) is 44.4 Å². The van der Waals surface area contributed by atoms with Crippen LogP contribution >= 0.6 is 0 Å². The molecule has 0 bridgehead atoms. The van der Waals surface area contributed by atoms with Crippen molar-refractivity contribution in [3.8, 4) is 0 Å². The number of hydrogen-bond donors (Lipinski definition) is 0. The molecule has 140 valence electrons. The Morgan fingerprint density at radius 1 is 1.23 bits per heavy atom. The van der Waals surface area contributed by atoms with Gasteiger partial charge in [-0.1, -0.05) is 5.16 Å². The van der Waals surface area contributed by atoms with Crippen LogP contribution in [0.1, 0.15) is 65.4 Å². The highest BCUT2D eigenvalue weighted by molar-refractivity contribution is 5.92. The minimum Gasteiger partial charge on any atom is -0.381 e. The lowest BCUT2D eigenvalue weighted by Crippen LogP contribution is -2.39. The molecule has 8 nitrogen and oxygen atoms in total. The minimum atomic E-state index is -0.0254. The number of ether oxygens (including phenoxy) is 1. The molecule has 2 aliphatic rings. The van der Waals surface area contributed by atoms with Gasteiger partial charge in [0.2, 0.25) is 5.89 Å². The van der Waals surface area contributed by atoms with Gasteiger partial charge in [0.1, 0.15) is 0 Å². The van der Waals surface area contributed by atoms with E-state index in [1.54, 1.807) is 4.68 Å². The Hall–Kier alpha value is -2.22. The number of hydrogen-bond acceptors (Lipinski definition) is 6. The van der Waals surface area contributed by atoms with Crippen LogP contribution in [0.2, 0.25) is 0 Å². The maximum atomic E-state index is 12.8. The Morgan fingerprint density at radius 3 is 2.77 bits per heavy atom. The first-order chi connectivity index (χ1) is 12.6.